The molecule has 1 aromatic heterocycles. The summed E-state index contributed by atoms with van der Waals surface area (Å²) in [5, 5.41) is 13.6. The summed E-state index contributed by atoms with van der Waals surface area (Å²) in [5.74, 6) is 0.965. The van der Waals surface area contributed by atoms with E-state index in [1.54, 1.807) is 11.3 Å². The maximum atomic E-state index is 4.49. The van der Waals surface area contributed by atoms with Gasteiger partial charge in [-0.05, 0) is 55.8 Å². The Bertz CT molecular complexity index is 785. The molecule has 0 fully saturated rings. The smallest absolute Gasteiger partial charge is 0.175 e. The van der Waals surface area contributed by atoms with Gasteiger partial charge in [0, 0.05) is 27.7 Å². The van der Waals surface area contributed by atoms with E-state index < -0.39 is 0 Å². The largest absolute Gasteiger partial charge is 0.342 e. The molecule has 0 saturated carbocycles. The van der Waals surface area contributed by atoms with Gasteiger partial charge in [-0.25, -0.2) is 0 Å². The number of hydrogen-bond acceptors (Lipinski definition) is 5. The van der Waals surface area contributed by atoms with Crippen LogP contribution in [0.25, 0.3) is 10.1 Å². The van der Waals surface area contributed by atoms with Gasteiger partial charge in [-0.3, -0.25) is 10.3 Å². The molecule has 1 aliphatic rings. The van der Waals surface area contributed by atoms with Crippen LogP contribution in [0.3, 0.4) is 0 Å². The van der Waals surface area contributed by atoms with Crippen molar-refractivity contribution in [3.63, 3.8) is 0 Å². The van der Waals surface area contributed by atoms with Crippen molar-refractivity contribution in [1.82, 2.24) is 10.6 Å². The van der Waals surface area contributed by atoms with E-state index in [4.69, 9.17) is 0 Å². The lowest BCUT2D eigenvalue weighted by atomic mass is 10.1. The molecule has 0 radical (unpaired) electrons. The number of rotatable bonds is 5. The van der Waals surface area contributed by atoms with Crippen molar-refractivity contribution in [2.75, 3.05) is 5.32 Å². The normalized spacial score (nSPS) is 18.1. The lowest BCUT2D eigenvalue weighted by Gasteiger charge is -2.31. The highest BCUT2D eigenvalue weighted by Crippen LogP contribution is 2.25. The van der Waals surface area contributed by atoms with Crippen molar-refractivity contribution in [2.24, 2.45) is 4.99 Å². The van der Waals surface area contributed by atoms with Gasteiger partial charge in [-0.1, -0.05) is 6.08 Å². The van der Waals surface area contributed by atoms with E-state index in [-0.39, 0.29) is 11.8 Å². The molecule has 1 atom stereocenters. The SMILES string of the molecule is C=CC(C)(C)NC1N=CC(C)=C(Nc2ccc3sccc3c2)N1. The molecule has 4 nitrogen and oxygen atoms in total. The van der Waals surface area contributed by atoms with Crippen molar-refractivity contribution < 1.29 is 0 Å². The van der Waals surface area contributed by atoms with E-state index in [1.165, 1.54) is 10.1 Å². The molecule has 3 rings (SSSR count). The third kappa shape index (κ3) is 3.63. The molecule has 1 aliphatic heterocycles. The number of nitrogens with zero attached hydrogens (tertiary/aromatic N) is 1. The highest BCUT2D eigenvalue weighted by Gasteiger charge is 2.21. The quantitative estimate of drug-likeness (QED) is 0.726. The molecule has 0 saturated heterocycles. The van der Waals surface area contributed by atoms with Gasteiger partial charge in [-0.15, -0.1) is 17.9 Å². The highest BCUT2D eigenvalue weighted by atomic mass is 32.1. The van der Waals surface area contributed by atoms with Crippen molar-refractivity contribution in [1.29, 1.82) is 0 Å². The Morgan fingerprint density at radius 2 is 2.17 bits per heavy atom. The standard InChI is InChI=1S/C18H22N4S/c1-5-18(3,4)22-17-19-11-12(2)16(21-17)20-14-6-7-15-13(10-14)8-9-23-15/h5-11,17,20-22H,1H2,2-4H3. The van der Waals surface area contributed by atoms with E-state index in [0.29, 0.717) is 0 Å². The maximum absolute atomic E-state index is 4.49. The van der Waals surface area contributed by atoms with Gasteiger partial charge in [0.25, 0.3) is 0 Å². The topological polar surface area (TPSA) is 48.5 Å². The second-order valence-electron chi connectivity index (χ2n) is 6.25. The van der Waals surface area contributed by atoms with Crippen LogP contribution in [0.15, 0.2) is 58.7 Å². The van der Waals surface area contributed by atoms with Crippen LogP contribution in [0.4, 0.5) is 5.69 Å². The number of thiophene rings is 1. The van der Waals surface area contributed by atoms with Crippen LogP contribution in [-0.4, -0.2) is 18.0 Å². The van der Waals surface area contributed by atoms with Crippen LogP contribution in [0.2, 0.25) is 0 Å². The fourth-order valence-corrected chi connectivity index (χ4v) is 3.12. The third-order valence-corrected chi connectivity index (χ3v) is 4.73. The molecular weight excluding hydrogens is 304 g/mol. The number of hydrogen-bond donors (Lipinski definition) is 3. The van der Waals surface area contributed by atoms with Crippen LogP contribution in [0, 0.1) is 0 Å². The van der Waals surface area contributed by atoms with E-state index in [0.717, 1.165) is 17.1 Å². The van der Waals surface area contributed by atoms with Gasteiger partial charge in [0.1, 0.15) is 5.82 Å². The van der Waals surface area contributed by atoms with Gasteiger partial charge in [0.15, 0.2) is 6.29 Å². The molecule has 5 heteroatoms. The monoisotopic (exact) mass is 326 g/mol. The fraction of sp³-hybridized carbons (Fsp3) is 0.278. The predicted molar refractivity (Wildman–Crippen MR) is 101 cm³/mol. The molecule has 0 bridgehead atoms. The first-order valence-electron chi connectivity index (χ1n) is 7.63. The first-order valence-corrected chi connectivity index (χ1v) is 8.51. The van der Waals surface area contributed by atoms with Gasteiger partial charge in [0.2, 0.25) is 0 Å². The minimum Gasteiger partial charge on any atom is -0.342 e. The molecule has 0 amide bonds. The molecule has 1 aromatic carbocycles. The Kier molecular flexibility index (Phi) is 4.24. The lowest BCUT2D eigenvalue weighted by Crippen LogP contribution is -2.52. The number of nitrogens with one attached hydrogen (secondary N) is 3. The summed E-state index contributed by atoms with van der Waals surface area (Å²) in [6.07, 6.45) is 3.59. The van der Waals surface area contributed by atoms with E-state index in [9.17, 15) is 0 Å². The first-order chi connectivity index (χ1) is 11.0. The van der Waals surface area contributed by atoms with Gasteiger partial charge >= 0.3 is 0 Å². The second kappa shape index (κ2) is 6.18. The van der Waals surface area contributed by atoms with Crippen LogP contribution in [-0.2, 0) is 0 Å². The summed E-state index contributed by atoms with van der Waals surface area (Å²) in [6, 6.07) is 8.54. The summed E-state index contributed by atoms with van der Waals surface area (Å²) < 4.78 is 1.30. The predicted octanol–water partition coefficient (Wildman–Crippen LogP) is 4.06. The van der Waals surface area contributed by atoms with Crippen molar-refractivity contribution in [3.8, 4) is 0 Å². The van der Waals surface area contributed by atoms with Crippen LogP contribution in [0.5, 0.6) is 0 Å². The molecule has 2 aromatic rings. The summed E-state index contributed by atoms with van der Waals surface area (Å²) in [6.45, 7) is 10.0. The summed E-state index contributed by atoms with van der Waals surface area (Å²) in [4.78, 5) is 4.49. The third-order valence-electron chi connectivity index (χ3n) is 3.83. The van der Waals surface area contributed by atoms with Crippen LogP contribution in [0.1, 0.15) is 20.8 Å². The molecule has 2 heterocycles. The van der Waals surface area contributed by atoms with Crippen molar-refractivity contribution in [2.45, 2.75) is 32.6 Å². The zero-order valence-electron chi connectivity index (χ0n) is 13.7. The zero-order valence-corrected chi connectivity index (χ0v) is 14.5. The van der Waals surface area contributed by atoms with Gasteiger partial charge in [-0.2, -0.15) is 0 Å². The van der Waals surface area contributed by atoms with E-state index >= 15 is 0 Å². The average molecular weight is 326 g/mol. The Hall–Kier alpha value is -2.11. The Morgan fingerprint density at radius 1 is 1.35 bits per heavy atom. The number of anilines is 1. The van der Waals surface area contributed by atoms with Gasteiger partial charge in [0.05, 0.1) is 0 Å². The Morgan fingerprint density at radius 3 is 2.96 bits per heavy atom. The lowest BCUT2D eigenvalue weighted by molar-refractivity contribution is 0.369. The fourth-order valence-electron chi connectivity index (χ4n) is 2.35. The molecule has 23 heavy (non-hydrogen) atoms. The molecule has 0 aliphatic carbocycles. The average Bonchev–Trinajstić information content (AvgIpc) is 2.98. The molecule has 120 valence electrons. The minimum absolute atomic E-state index is 0.181. The molecule has 1 unspecified atom stereocenters. The summed E-state index contributed by atoms with van der Waals surface area (Å²) in [5.41, 5.74) is 1.95. The Balaban J connectivity index is 1.75. The first kappa shape index (κ1) is 15.8. The zero-order chi connectivity index (χ0) is 16.4. The molecule has 0 spiro atoms. The van der Waals surface area contributed by atoms with Crippen molar-refractivity contribution in [3.05, 3.63) is 53.7 Å². The molecular formula is C18H22N4S. The number of allylic oxidation sites excluding steroid dienone is 1. The van der Waals surface area contributed by atoms with Crippen LogP contribution < -0.4 is 16.0 Å². The van der Waals surface area contributed by atoms with Crippen molar-refractivity contribution >= 4 is 33.3 Å². The summed E-state index contributed by atoms with van der Waals surface area (Å²) in [7, 11) is 0. The number of aliphatic imine (C=N–C) groups is 1. The minimum atomic E-state index is -0.194. The molecule has 3 N–H and O–H groups in total. The second-order valence-corrected chi connectivity index (χ2v) is 7.20. The maximum Gasteiger partial charge on any atom is 0.175 e. The number of benzene rings is 1. The number of fused-ring (bicyclic) bond motifs is 1. The highest BCUT2D eigenvalue weighted by molar-refractivity contribution is 7.17. The van der Waals surface area contributed by atoms with E-state index in [2.05, 4.69) is 71.0 Å². The summed E-state index contributed by atoms with van der Waals surface area (Å²) >= 11 is 1.76. The van der Waals surface area contributed by atoms with Crippen LogP contribution >= 0.6 is 11.3 Å². The van der Waals surface area contributed by atoms with Gasteiger partial charge < -0.3 is 10.6 Å². The Labute approximate surface area is 141 Å². The van der Waals surface area contributed by atoms with E-state index in [1.807, 2.05) is 19.2 Å².